The van der Waals surface area contributed by atoms with E-state index in [2.05, 4.69) is 0 Å². The number of ether oxygens (including phenoxy) is 2. The molecule has 1 aliphatic heterocycles. The minimum atomic E-state index is -0.159. The van der Waals surface area contributed by atoms with Crippen LogP contribution in [0, 0.1) is 0 Å². The Kier molecular flexibility index (Phi) is 1.89. The van der Waals surface area contributed by atoms with Gasteiger partial charge in [-0.25, -0.2) is 0 Å². The summed E-state index contributed by atoms with van der Waals surface area (Å²) in [7, 11) is 0. The van der Waals surface area contributed by atoms with E-state index in [-0.39, 0.29) is 11.6 Å². The standard InChI is InChI=1S/C12H15NO2/c13-12(6-3-7-12)11-8-14-9-4-1-2-5-10(9)15-11/h1-2,4-5,11H,3,6-8,13H2. The summed E-state index contributed by atoms with van der Waals surface area (Å²) < 4.78 is 11.5. The molecule has 3 nitrogen and oxygen atoms in total. The van der Waals surface area contributed by atoms with Crippen LogP contribution in [0.1, 0.15) is 19.3 Å². The number of hydrogen-bond acceptors (Lipinski definition) is 3. The van der Waals surface area contributed by atoms with E-state index in [9.17, 15) is 0 Å². The van der Waals surface area contributed by atoms with Crippen molar-refractivity contribution in [1.82, 2.24) is 0 Å². The number of benzene rings is 1. The third kappa shape index (κ3) is 1.38. The Morgan fingerprint density at radius 1 is 1.20 bits per heavy atom. The van der Waals surface area contributed by atoms with Crippen molar-refractivity contribution in [3.05, 3.63) is 24.3 Å². The molecule has 2 aliphatic rings. The van der Waals surface area contributed by atoms with Crippen molar-refractivity contribution in [1.29, 1.82) is 0 Å². The molecule has 1 atom stereocenters. The maximum atomic E-state index is 6.23. The monoisotopic (exact) mass is 205 g/mol. The average Bonchev–Trinajstić information content (AvgIpc) is 2.25. The molecule has 1 fully saturated rings. The molecule has 3 heteroatoms. The third-order valence-corrected chi connectivity index (χ3v) is 3.43. The van der Waals surface area contributed by atoms with Gasteiger partial charge in [-0.15, -0.1) is 0 Å². The second-order valence-electron chi connectivity index (χ2n) is 4.45. The Balaban J connectivity index is 1.83. The molecule has 1 unspecified atom stereocenters. The van der Waals surface area contributed by atoms with Crippen molar-refractivity contribution in [3.8, 4) is 11.5 Å². The topological polar surface area (TPSA) is 44.5 Å². The Bertz CT molecular complexity index is 374. The Morgan fingerprint density at radius 2 is 1.93 bits per heavy atom. The van der Waals surface area contributed by atoms with Crippen LogP contribution in [0.4, 0.5) is 0 Å². The van der Waals surface area contributed by atoms with Gasteiger partial charge in [-0.1, -0.05) is 12.1 Å². The zero-order valence-electron chi connectivity index (χ0n) is 8.61. The van der Waals surface area contributed by atoms with Gasteiger partial charge in [0, 0.05) is 0 Å². The van der Waals surface area contributed by atoms with Crippen LogP contribution < -0.4 is 15.2 Å². The Labute approximate surface area is 89.2 Å². The molecule has 1 aliphatic carbocycles. The summed E-state index contributed by atoms with van der Waals surface area (Å²) in [6, 6.07) is 7.76. The molecule has 0 spiro atoms. The van der Waals surface area contributed by atoms with Gasteiger partial charge in [-0.2, -0.15) is 0 Å². The van der Waals surface area contributed by atoms with Crippen molar-refractivity contribution >= 4 is 0 Å². The van der Waals surface area contributed by atoms with E-state index in [0.717, 1.165) is 24.3 Å². The van der Waals surface area contributed by atoms with E-state index in [1.54, 1.807) is 0 Å². The van der Waals surface area contributed by atoms with Crippen LogP contribution in [0.5, 0.6) is 11.5 Å². The fourth-order valence-corrected chi connectivity index (χ4v) is 2.21. The van der Waals surface area contributed by atoms with Crippen LogP contribution >= 0.6 is 0 Å². The van der Waals surface area contributed by atoms with E-state index in [4.69, 9.17) is 15.2 Å². The van der Waals surface area contributed by atoms with Crippen LogP contribution in [-0.4, -0.2) is 18.2 Å². The smallest absolute Gasteiger partial charge is 0.161 e. The molecule has 0 aromatic heterocycles. The normalized spacial score (nSPS) is 26.9. The lowest BCUT2D eigenvalue weighted by atomic mass is 9.73. The third-order valence-electron chi connectivity index (χ3n) is 3.43. The van der Waals surface area contributed by atoms with Gasteiger partial charge in [-0.3, -0.25) is 0 Å². The summed E-state index contributed by atoms with van der Waals surface area (Å²) in [4.78, 5) is 0. The lowest BCUT2D eigenvalue weighted by molar-refractivity contribution is -0.00101. The molecule has 80 valence electrons. The molecule has 1 saturated carbocycles. The minimum absolute atomic E-state index is 0.0150. The fourth-order valence-electron chi connectivity index (χ4n) is 2.21. The van der Waals surface area contributed by atoms with Gasteiger partial charge in [0.1, 0.15) is 6.61 Å². The van der Waals surface area contributed by atoms with Crippen LogP contribution in [0.25, 0.3) is 0 Å². The van der Waals surface area contributed by atoms with E-state index in [1.807, 2.05) is 24.3 Å². The summed E-state index contributed by atoms with van der Waals surface area (Å²) in [6.45, 7) is 0.577. The molecule has 0 amide bonds. The highest BCUT2D eigenvalue weighted by Crippen LogP contribution is 2.39. The number of para-hydroxylation sites is 2. The maximum Gasteiger partial charge on any atom is 0.161 e. The largest absolute Gasteiger partial charge is 0.486 e. The van der Waals surface area contributed by atoms with Gasteiger partial charge in [0.25, 0.3) is 0 Å². The quantitative estimate of drug-likeness (QED) is 0.759. The average molecular weight is 205 g/mol. The summed E-state index contributed by atoms with van der Waals surface area (Å²) in [5, 5.41) is 0. The number of nitrogens with two attached hydrogens (primary N) is 1. The highest BCUT2D eigenvalue weighted by atomic mass is 16.6. The number of rotatable bonds is 1. The van der Waals surface area contributed by atoms with Crippen LogP contribution in [0.15, 0.2) is 24.3 Å². The van der Waals surface area contributed by atoms with Crippen LogP contribution in [-0.2, 0) is 0 Å². The lowest BCUT2D eigenvalue weighted by Crippen LogP contribution is -2.61. The highest BCUT2D eigenvalue weighted by molar-refractivity contribution is 5.41. The van der Waals surface area contributed by atoms with Gasteiger partial charge in [-0.05, 0) is 31.4 Å². The van der Waals surface area contributed by atoms with Gasteiger partial charge in [0.2, 0.25) is 0 Å². The molecule has 1 aromatic carbocycles. The van der Waals surface area contributed by atoms with Gasteiger partial charge >= 0.3 is 0 Å². The van der Waals surface area contributed by atoms with Crippen molar-refractivity contribution in [2.75, 3.05) is 6.61 Å². The second-order valence-corrected chi connectivity index (χ2v) is 4.45. The molecule has 1 heterocycles. The van der Waals surface area contributed by atoms with E-state index in [0.29, 0.717) is 6.61 Å². The molecule has 0 bridgehead atoms. The van der Waals surface area contributed by atoms with Crippen LogP contribution in [0.2, 0.25) is 0 Å². The molecule has 0 saturated heterocycles. The van der Waals surface area contributed by atoms with Gasteiger partial charge < -0.3 is 15.2 Å². The molecule has 2 N–H and O–H groups in total. The number of fused-ring (bicyclic) bond motifs is 1. The van der Waals surface area contributed by atoms with E-state index >= 15 is 0 Å². The first kappa shape index (κ1) is 9.04. The predicted molar refractivity (Wildman–Crippen MR) is 57.1 cm³/mol. The molecular weight excluding hydrogens is 190 g/mol. The summed E-state index contributed by atoms with van der Waals surface area (Å²) >= 11 is 0. The number of hydrogen-bond donors (Lipinski definition) is 1. The zero-order valence-corrected chi connectivity index (χ0v) is 8.61. The summed E-state index contributed by atoms with van der Waals surface area (Å²) in [5.41, 5.74) is 6.07. The maximum absolute atomic E-state index is 6.23. The molecule has 15 heavy (non-hydrogen) atoms. The first-order valence-corrected chi connectivity index (χ1v) is 5.45. The Morgan fingerprint density at radius 3 is 2.60 bits per heavy atom. The molecule has 1 aromatic rings. The first-order valence-electron chi connectivity index (χ1n) is 5.45. The minimum Gasteiger partial charge on any atom is -0.486 e. The lowest BCUT2D eigenvalue weighted by Gasteiger charge is -2.45. The van der Waals surface area contributed by atoms with E-state index in [1.165, 1.54) is 6.42 Å². The molecule has 3 rings (SSSR count). The van der Waals surface area contributed by atoms with Crippen molar-refractivity contribution < 1.29 is 9.47 Å². The SMILES string of the molecule is NC1(C2COc3ccccc3O2)CCC1. The van der Waals surface area contributed by atoms with Crippen LogP contribution in [0.3, 0.4) is 0 Å². The van der Waals surface area contributed by atoms with Crippen molar-refractivity contribution in [2.24, 2.45) is 5.73 Å². The summed E-state index contributed by atoms with van der Waals surface area (Å²) in [6.07, 6.45) is 3.31. The van der Waals surface area contributed by atoms with Crippen molar-refractivity contribution in [3.63, 3.8) is 0 Å². The van der Waals surface area contributed by atoms with Gasteiger partial charge in [0.05, 0.1) is 5.54 Å². The highest BCUT2D eigenvalue weighted by Gasteiger charge is 2.44. The summed E-state index contributed by atoms with van der Waals surface area (Å²) in [5.74, 6) is 1.65. The zero-order chi connectivity index (χ0) is 10.3. The predicted octanol–water partition coefficient (Wildman–Crippen LogP) is 1.71. The molecule has 0 radical (unpaired) electrons. The van der Waals surface area contributed by atoms with Crippen molar-refractivity contribution in [2.45, 2.75) is 30.9 Å². The first-order chi connectivity index (χ1) is 7.28. The second kappa shape index (κ2) is 3.14. The Hall–Kier alpha value is -1.22. The van der Waals surface area contributed by atoms with E-state index < -0.39 is 0 Å². The molecular formula is C12H15NO2. The van der Waals surface area contributed by atoms with Gasteiger partial charge in [0.15, 0.2) is 17.6 Å². The fraction of sp³-hybridized carbons (Fsp3) is 0.500.